The van der Waals surface area contributed by atoms with Crippen LogP contribution < -0.4 is 16.4 Å². The highest BCUT2D eigenvalue weighted by Crippen LogP contribution is 2.09. The van der Waals surface area contributed by atoms with Gasteiger partial charge in [-0.1, -0.05) is 18.2 Å². The number of rotatable bonds is 6. The molecule has 1 rings (SSSR count). The molecule has 0 aliphatic carbocycles. The predicted octanol–water partition coefficient (Wildman–Crippen LogP) is 1.22. The van der Waals surface area contributed by atoms with E-state index >= 15 is 0 Å². The Morgan fingerprint density at radius 1 is 1.19 bits per heavy atom. The summed E-state index contributed by atoms with van der Waals surface area (Å²) < 4.78 is 0. The number of hydrogen-bond acceptors (Lipinski definition) is 3. The van der Waals surface area contributed by atoms with E-state index in [4.69, 9.17) is 5.73 Å². The fourth-order valence-corrected chi connectivity index (χ4v) is 1.98. The Kier molecular flexibility index (Phi) is 6.37. The van der Waals surface area contributed by atoms with E-state index in [2.05, 4.69) is 10.6 Å². The fraction of sp³-hybridized carbons (Fsp3) is 0.500. The van der Waals surface area contributed by atoms with Crippen LogP contribution in [-0.4, -0.2) is 30.4 Å². The molecular formula is C16H25N3O2. The van der Waals surface area contributed by atoms with Crippen LogP contribution in [-0.2, 0) is 11.2 Å². The lowest BCUT2D eigenvalue weighted by Gasteiger charge is -2.20. The van der Waals surface area contributed by atoms with Crippen LogP contribution in [0.4, 0.5) is 0 Å². The third-order valence-corrected chi connectivity index (χ3v) is 2.83. The van der Waals surface area contributed by atoms with Gasteiger partial charge in [-0.3, -0.25) is 9.59 Å². The first kappa shape index (κ1) is 17.2. The van der Waals surface area contributed by atoms with Crippen molar-refractivity contribution in [3.05, 3.63) is 35.4 Å². The van der Waals surface area contributed by atoms with E-state index in [0.717, 1.165) is 5.56 Å². The molecule has 0 aliphatic heterocycles. The average Bonchev–Trinajstić information content (AvgIpc) is 2.37. The van der Waals surface area contributed by atoms with Crippen LogP contribution in [0.2, 0.25) is 0 Å². The molecule has 0 bridgehead atoms. The van der Waals surface area contributed by atoms with Gasteiger partial charge in [-0.05, 0) is 45.4 Å². The van der Waals surface area contributed by atoms with Gasteiger partial charge in [0, 0.05) is 24.1 Å². The summed E-state index contributed by atoms with van der Waals surface area (Å²) in [6, 6.07) is 7.38. The van der Waals surface area contributed by atoms with E-state index in [1.807, 2.05) is 39.0 Å². The van der Waals surface area contributed by atoms with E-state index in [1.165, 1.54) is 0 Å². The normalized spacial score (nSPS) is 11.0. The second kappa shape index (κ2) is 7.78. The first-order valence-electron chi connectivity index (χ1n) is 7.20. The molecule has 5 heteroatoms. The number of benzene rings is 1. The van der Waals surface area contributed by atoms with Gasteiger partial charge >= 0.3 is 0 Å². The molecule has 0 aliphatic rings. The predicted molar refractivity (Wildman–Crippen MR) is 84.0 cm³/mol. The summed E-state index contributed by atoms with van der Waals surface area (Å²) in [5.41, 5.74) is 6.84. The number of nitrogens with one attached hydrogen (secondary N) is 2. The second-order valence-corrected chi connectivity index (χ2v) is 6.00. The minimum Gasteiger partial charge on any atom is -0.352 e. The summed E-state index contributed by atoms with van der Waals surface area (Å²) in [5, 5.41) is 5.63. The van der Waals surface area contributed by atoms with Crippen molar-refractivity contribution in [2.24, 2.45) is 5.73 Å². The lowest BCUT2D eigenvalue weighted by molar-refractivity contribution is -0.122. The van der Waals surface area contributed by atoms with Gasteiger partial charge in [0.25, 0.3) is 5.91 Å². The molecule has 116 valence electrons. The number of carbonyl (C=O) groups is 2. The fourth-order valence-electron chi connectivity index (χ4n) is 1.98. The molecule has 4 N–H and O–H groups in total. The number of amides is 2. The quantitative estimate of drug-likeness (QED) is 0.737. The van der Waals surface area contributed by atoms with Crippen molar-refractivity contribution in [3.8, 4) is 0 Å². The van der Waals surface area contributed by atoms with Crippen molar-refractivity contribution in [1.29, 1.82) is 0 Å². The van der Waals surface area contributed by atoms with Crippen molar-refractivity contribution in [1.82, 2.24) is 10.6 Å². The van der Waals surface area contributed by atoms with Crippen molar-refractivity contribution in [2.45, 2.75) is 39.2 Å². The average molecular weight is 291 g/mol. The molecule has 0 radical (unpaired) electrons. The molecule has 5 nitrogen and oxygen atoms in total. The van der Waals surface area contributed by atoms with Gasteiger partial charge in [-0.25, -0.2) is 0 Å². The van der Waals surface area contributed by atoms with E-state index in [1.54, 1.807) is 6.07 Å². The molecule has 0 fully saturated rings. The Labute approximate surface area is 126 Å². The highest BCUT2D eigenvalue weighted by atomic mass is 16.2. The van der Waals surface area contributed by atoms with Crippen LogP contribution in [0.5, 0.6) is 0 Å². The van der Waals surface area contributed by atoms with Crippen LogP contribution in [0.25, 0.3) is 0 Å². The molecule has 1 aromatic carbocycles. The molecule has 0 aromatic heterocycles. The molecule has 1 aromatic rings. The van der Waals surface area contributed by atoms with Gasteiger partial charge in [-0.2, -0.15) is 0 Å². The molecule has 21 heavy (non-hydrogen) atoms. The largest absolute Gasteiger partial charge is 0.352 e. The van der Waals surface area contributed by atoms with Gasteiger partial charge < -0.3 is 16.4 Å². The topological polar surface area (TPSA) is 84.2 Å². The lowest BCUT2D eigenvalue weighted by atomic mass is 10.0. The molecule has 0 heterocycles. The first-order valence-corrected chi connectivity index (χ1v) is 7.20. The zero-order chi connectivity index (χ0) is 15.9. The minimum absolute atomic E-state index is 0.0713. The summed E-state index contributed by atoms with van der Waals surface area (Å²) >= 11 is 0. The maximum atomic E-state index is 12.1. The van der Waals surface area contributed by atoms with Crippen LogP contribution in [0.15, 0.2) is 24.3 Å². The number of nitrogens with two attached hydrogens (primary N) is 1. The summed E-state index contributed by atoms with van der Waals surface area (Å²) in [6.45, 7) is 6.58. The minimum atomic E-state index is -0.255. The monoisotopic (exact) mass is 291 g/mol. The van der Waals surface area contributed by atoms with Gasteiger partial charge in [0.15, 0.2) is 0 Å². The Bertz CT molecular complexity index is 493. The summed E-state index contributed by atoms with van der Waals surface area (Å²) in [5.74, 6) is -0.236. The lowest BCUT2D eigenvalue weighted by Crippen LogP contribution is -2.42. The molecule has 0 saturated carbocycles. The number of hydrogen-bond donors (Lipinski definition) is 3. The Morgan fingerprint density at radius 3 is 2.48 bits per heavy atom. The Hall–Kier alpha value is -1.88. The summed E-state index contributed by atoms with van der Waals surface area (Å²) in [4.78, 5) is 23.8. The molecule has 2 amide bonds. The smallest absolute Gasteiger partial charge is 0.251 e. The van der Waals surface area contributed by atoms with Crippen LogP contribution in [0.3, 0.4) is 0 Å². The molecule has 0 atom stereocenters. The third kappa shape index (κ3) is 6.40. The van der Waals surface area contributed by atoms with E-state index in [9.17, 15) is 9.59 Å². The first-order chi connectivity index (χ1) is 9.83. The number of carbonyl (C=O) groups excluding carboxylic acids is 2. The summed E-state index contributed by atoms with van der Waals surface area (Å²) in [6.07, 6.45) is 0.927. The van der Waals surface area contributed by atoms with Crippen LogP contribution >= 0.6 is 0 Å². The Morgan fingerprint density at radius 2 is 1.86 bits per heavy atom. The molecule has 0 unspecified atom stereocenters. The van der Waals surface area contributed by atoms with Crippen LogP contribution in [0, 0.1) is 0 Å². The third-order valence-electron chi connectivity index (χ3n) is 2.83. The molecule has 0 spiro atoms. The van der Waals surface area contributed by atoms with Crippen molar-refractivity contribution >= 4 is 11.8 Å². The zero-order valence-electron chi connectivity index (χ0n) is 13.0. The van der Waals surface area contributed by atoms with Gasteiger partial charge in [0.2, 0.25) is 5.91 Å². The highest BCUT2D eigenvalue weighted by molar-refractivity contribution is 5.95. The standard InChI is InChI=1S/C16H25N3O2/c1-16(2,3)19-14(20)9-11-18-15(21)13-7-5-4-6-12(13)8-10-17/h4-7H,8-11,17H2,1-3H3,(H,18,21)(H,19,20). The van der Waals surface area contributed by atoms with E-state index in [-0.39, 0.29) is 23.8 Å². The highest BCUT2D eigenvalue weighted by Gasteiger charge is 2.14. The van der Waals surface area contributed by atoms with Gasteiger partial charge in [0.1, 0.15) is 0 Å². The Balaban J connectivity index is 2.49. The summed E-state index contributed by atoms with van der Waals surface area (Å²) in [7, 11) is 0. The van der Waals surface area contributed by atoms with E-state index in [0.29, 0.717) is 25.1 Å². The second-order valence-electron chi connectivity index (χ2n) is 6.00. The van der Waals surface area contributed by atoms with Crippen molar-refractivity contribution < 1.29 is 9.59 Å². The molecular weight excluding hydrogens is 266 g/mol. The van der Waals surface area contributed by atoms with Gasteiger partial charge in [-0.15, -0.1) is 0 Å². The SMILES string of the molecule is CC(C)(C)NC(=O)CCNC(=O)c1ccccc1CCN. The van der Waals surface area contributed by atoms with Crippen LogP contribution in [0.1, 0.15) is 43.1 Å². The maximum absolute atomic E-state index is 12.1. The van der Waals surface area contributed by atoms with Crippen molar-refractivity contribution in [2.75, 3.05) is 13.1 Å². The van der Waals surface area contributed by atoms with Gasteiger partial charge in [0.05, 0.1) is 0 Å². The zero-order valence-corrected chi connectivity index (χ0v) is 13.0. The van der Waals surface area contributed by atoms with Crippen molar-refractivity contribution in [3.63, 3.8) is 0 Å². The molecule has 0 saturated heterocycles. The van der Waals surface area contributed by atoms with E-state index < -0.39 is 0 Å². The maximum Gasteiger partial charge on any atom is 0.251 e.